The standard InChI is InChI=1S/C5Cl8F4O/c6-2(7,8)5(13,17)18-1(14,3(9,10)15)4(11,12)16. The average molecular weight is 436 g/mol. The van der Waals surface area contributed by atoms with Crippen molar-refractivity contribution >= 4 is 92.8 Å². The second-order valence-electron chi connectivity index (χ2n) is 2.71. The lowest BCUT2D eigenvalue weighted by molar-refractivity contribution is -0.278. The molecule has 0 aromatic heterocycles. The monoisotopic (exact) mass is 432 g/mol. The van der Waals surface area contributed by atoms with Crippen molar-refractivity contribution in [2.75, 3.05) is 0 Å². The van der Waals surface area contributed by atoms with Gasteiger partial charge in [-0.1, -0.05) is 81.2 Å². The van der Waals surface area contributed by atoms with E-state index in [0.29, 0.717) is 0 Å². The Bertz CT molecular complexity index is 290. The molecule has 0 N–H and O–H groups in total. The fraction of sp³-hybridized carbons (Fsp3) is 1.00. The highest BCUT2D eigenvalue weighted by Crippen LogP contribution is 2.57. The maximum atomic E-state index is 13.8. The summed E-state index contributed by atoms with van der Waals surface area (Å²) in [6, 6.07) is 0. The first-order chi connectivity index (χ1) is 7.46. The lowest BCUT2D eigenvalue weighted by atomic mass is 10.3. The van der Waals surface area contributed by atoms with Gasteiger partial charge >= 0.3 is 20.3 Å². The number of halogens is 12. The van der Waals surface area contributed by atoms with Crippen LogP contribution in [0.4, 0.5) is 17.6 Å². The van der Waals surface area contributed by atoms with Crippen LogP contribution < -0.4 is 0 Å². The zero-order chi connectivity index (χ0) is 15.2. The summed E-state index contributed by atoms with van der Waals surface area (Å²) in [4.78, 5) is 0. The Kier molecular flexibility index (Phi) is 6.28. The Morgan fingerprint density at radius 1 is 0.611 bits per heavy atom. The molecule has 1 unspecified atom stereocenters. The van der Waals surface area contributed by atoms with Crippen LogP contribution in [0, 0.1) is 0 Å². The maximum Gasteiger partial charge on any atom is 0.339 e. The highest BCUT2D eigenvalue weighted by Gasteiger charge is 2.72. The van der Waals surface area contributed by atoms with E-state index in [1.807, 2.05) is 0 Å². The van der Waals surface area contributed by atoms with E-state index in [-0.39, 0.29) is 0 Å². The second kappa shape index (κ2) is 5.65. The third-order valence-electron chi connectivity index (χ3n) is 1.33. The molecule has 0 aliphatic heterocycles. The molecule has 0 aliphatic rings. The van der Waals surface area contributed by atoms with Crippen molar-refractivity contribution in [1.82, 2.24) is 0 Å². The lowest BCUT2D eigenvalue weighted by Crippen LogP contribution is -2.58. The molecule has 0 spiro atoms. The molecule has 0 bridgehead atoms. The normalized spacial score (nSPS) is 18.7. The van der Waals surface area contributed by atoms with E-state index in [2.05, 4.69) is 51.1 Å². The molecule has 110 valence electrons. The van der Waals surface area contributed by atoms with Crippen molar-refractivity contribution in [2.24, 2.45) is 0 Å². The molecule has 0 saturated heterocycles. The number of hydrogen-bond donors (Lipinski definition) is 0. The summed E-state index contributed by atoms with van der Waals surface area (Å²) in [5.41, 5.74) is 0. The molecule has 0 aromatic carbocycles. The average Bonchev–Trinajstić information content (AvgIpc) is 1.95. The number of ether oxygens (including phenoxy) is 1. The Balaban J connectivity index is 5.58. The van der Waals surface area contributed by atoms with Crippen LogP contribution in [-0.4, -0.2) is 24.1 Å². The first-order valence-electron chi connectivity index (χ1n) is 3.43. The smallest absolute Gasteiger partial charge is 0.283 e. The molecule has 13 heteroatoms. The van der Waals surface area contributed by atoms with Gasteiger partial charge in [-0.05, 0) is 11.6 Å². The van der Waals surface area contributed by atoms with E-state index in [1.54, 1.807) is 0 Å². The van der Waals surface area contributed by atoms with Gasteiger partial charge < -0.3 is 0 Å². The van der Waals surface area contributed by atoms with Crippen LogP contribution in [-0.2, 0) is 4.74 Å². The van der Waals surface area contributed by atoms with Crippen molar-refractivity contribution in [3.05, 3.63) is 0 Å². The topological polar surface area (TPSA) is 9.23 Å². The van der Waals surface area contributed by atoms with E-state index in [9.17, 15) is 17.6 Å². The summed E-state index contributed by atoms with van der Waals surface area (Å²) in [5, 5.41) is -4.09. The van der Waals surface area contributed by atoms with Gasteiger partial charge in [0.15, 0.2) is 0 Å². The van der Waals surface area contributed by atoms with Gasteiger partial charge in [0.25, 0.3) is 3.79 Å². The number of alkyl halides is 12. The summed E-state index contributed by atoms with van der Waals surface area (Å²) in [7, 11) is 0. The zero-order valence-electron chi connectivity index (χ0n) is 7.44. The minimum atomic E-state index is -4.72. The van der Waals surface area contributed by atoms with Gasteiger partial charge in [-0.15, -0.1) is 0 Å². The van der Waals surface area contributed by atoms with Gasteiger partial charge in [0, 0.05) is 0 Å². The second-order valence-corrected chi connectivity index (χ2v) is 7.94. The maximum absolute atomic E-state index is 13.8. The highest BCUT2D eigenvalue weighted by molar-refractivity contribution is 6.70. The molecule has 0 radical (unpaired) electrons. The van der Waals surface area contributed by atoms with Gasteiger partial charge in [-0.3, -0.25) is 4.74 Å². The minimum absolute atomic E-state index is 3.18. The van der Waals surface area contributed by atoms with Crippen molar-refractivity contribution < 1.29 is 22.3 Å². The van der Waals surface area contributed by atoms with Crippen LogP contribution in [0.25, 0.3) is 0 Å². The molecule has 0 aromatic rings. The van der Waals surface area contributed by atoms with Crippen LogP contribution in [0.3, 0.4) is 0 Å². The molecule has 0 rings (SSSR count). The van der Waals surface area contributed by atoms with Crippen molar-refractivity contribution in [1.29, 1.82) is 0 Å². The molecule has 0 saturated carbocycles. The summed E-state index contributed by atoms with van der Waals surface area (Å²) in [5.74, 6) is -4.72. The first-order valence-corrected chi connectivity index (χ1v) is 6.45. The van der Waals surface area contributed by atoms with Gasteiger partial charge in [0.2, 0.25) is 0 Å². The summed E-state index contributed by atoms with van der Waals surface area (Å²) >= 11 is 38.1. The zero-order valence-corrected chi connectivity index (χ0v) is 13.5. The first kappa shape index (κ1) is 20.0. The number of rotatable bonds is 4. The van der Waals surface area contributed by atoms with Crippen LogP contribution in [0.15, 0.2) is 0 Å². The van der Waals surface area contributed by atoms with E-state index in [0.717, 1.165) is 0 Å². The molecule has 1 atom stereocenters. The van der Waals surface area contributed by atoms with Crippen molar-refractivity contribution in [3.63, 3.8) is 0 Å². The highest BCUT2D eigenvalue weighted by atomic mass is 35.6. The Hall–Kier alpha value is 2.00. The predicted octanol–water partition coefficient (Wildman–Crippen LogP) is 6.10. The summed E-state index contributed by atoms with van der Waals surface area (Å²) < 4.78 is 45.3. The Morgan fingerprint density at radius 2 is 0.889 bits per heavy atom. The molecule has 0 fully saturated rings. The quantitative estimate of drug-likeness (QED) is 0.383. The van der Waals surface area contributed by atoms with Crippen molar-refractivity contribution in [3.8, 4) is 0 Å². The van der Waals surface area contributed by atoms with E-state index in [1.165, 1.54) is 0 Å². The molecule has 0 heterocycles. The minimum Gasteiger partial charge on any atom is -0.283 e. The summed E-state index contributed by atoms with van der Waals surface area (Å²) in [6.07, 6.45) is 0. The predicted molar refractivity (Wildman–Crippen MR) is 66.0 cm³/mol. The summed E-state index contributed by atoms with van der Waals surface area (Å²) in [6.45, 7) is 0. The van der Waals surface area contributed by atoms with E-state index < -0.39 is 24.1 Å². The van der Waals surface area contributed by atoms with Crippen LogP contribution in [0.2, 0.25) is 0 Å². The molecular weight excluding hydrogens is 436 g/mol. The van der Waals surface area contributed by atoms with E-state index in [4.69, 9.17) is 46.4 Å². The molecular formula is C5Cl8F4O. The molecule has 18 heavy (non-hydrogen) atoms. The van der Waals surface area contributed by atoms with E-state index >= 15 is 0 Å². The van der Waals surface area contributed by atoms with Crippen LogP contribution in [0.5, 0.6) is 0 Å². The van der Waals surface area contributed by atoms with Crippen LogP contribution >= 0.6 is 92.8 Å². The lowest BCUT2D eigenvalue weighted by Gasteiger charge is -2.39. The molecule has 0 amide bonds. The SMILES string of the molecule is FC(Cl)(Cl)C(F)(OC(F)(Cl)C(Cl)(Cl)Cl)C(F)(Cl)Cl. The molecule has 1 nitrogen and oxygen atoms in total. The third-order valence-corrected chi connectivity index (χ3v) is 3.68. The van der Waals surface area contributed by atoms with Crippen LogP contribution in [0.1, 0.15) is 0 Å². The largest absolute Gasteiger partial charge is 0.339 e. The Morgan fingerprint density at radius 3 is 1.06 bits per heavy atom. The van der Waals surface area contributed by atoms with Gasteiger partial charge in [0.05, 0.1) is 0 Å². The van der Waals surface area contributed by atoms with Gasteiger partial charge in [-0.2, -0.15) is 8.78 Å². The molecule has 0 aliphatic carbocycles. The fourth-order valence-corrected chi connectivity index (χ4v) is 1.60. The van der Waals surface area contributed by atoms with Crippen molar-refractivity contribution in [2.45, 2.75) is 24.1 Å². The Labute approximate surface area is 138 Å². The van der Waals surface area contributed by atoms with Gasteiger partial charge in [0.1, 0.15) is 0 Å². The fourth-order valence-electron chi connectivity index (χ4n) is 0.511. The van der Waals surface area contributed by atoms with Gasteiger partial charge in [-0.25, -0.2) is 8.78 Å². The third kappa shape index (κ3) is 4.25. The number of hydrogen-bond acceptors (Lipinski definition) is 1.